The fraction of sp³-hybridized carbons (Fsp3) is 0.526. The maximum absolute atomic E-state index is 12.8. The Hall–Kier alpha value is -1.99. The predicted molar refractivity (Wildman–Crippen MR) is 102 cm³/mol. The third-order valence-electron chi connectivity index (χ3n) is 4.50. The van der Waals surface area contributed by atoms with E-state index < -0.39 is 0 Å². The molecule has 2 aromatic heterocycles. The van der Waals surface area contributed by atoms with Gasteiger partial charge in [0.1, 0.15) is 0 Å². The number of amides is 2. The van der Waals surface area contributed by atoms with Gasteiger partial charge in [-0.15, -0.1) is 11.3 Å². The Balaban J connectivity index is 1.63. The number of aromatic nitrogens is 2. The molecule has 1 fully saturated rings. The zero-order valence-corrected chi connectivity index (χ0v) is 16.2. The summed E-state index contributed by atoms with van der Waals surface area (Å²) >= 11 is 1.67. The van der Waals surface area contributed by atoms with Crippen LogP contribution in [0.5, 0.6) is 0 Å². The molecular formula is C19H26N4O2S. The van der Waals surface area contributed by atoms with E-state index in [9.17, 15) is 4.79 Å². The normalized spacial score (nSPS) is 16.6. The highest BCUT2D eigenvalue weighted by Crippen LogP contribution is 2.19. The molecule has 1 N–H and O–H groups in total. The SMILES string of the molecule is CCc1nc(C)c(CNC(=O)N(Cc2ccncc2)C[C@@H]2CCCO2)s1. The van der Waals surface area contributed by atoms with E-state index in [1.165, 1.54) is 0 Å². The highest BCUT2D eigenvalue weighted by Gasteiger charge is 2.23. The number of nitrogens with one attached hydrogen (secondary N) is 1. The Morgan fingerprint density at radius 1 is 1.42 bits per heavy atom. The molecule has 1 aliphatic rings. The molecule has 0 aliphatic carbocycles. The van der Waals surface area contributed by atoms with Crippen molar-refractivity contribution >= 4 is 17.4 Å². The quantitative estimate of drug-likeness (QED) is 0.807. The summed E-state index contributed by atoms with van der Waals surface area (Å²) < 4.78 is 5.73. The van der Waals surface area contributed by atoms with E-state index in [-0.39, 0.29) is 12.1 Å². The molecule has 0 spiro atoms. The van der Waals surface area contributed by atoms with Crippen molar-refractivity contribution in [3.8, 4) is 0 Å². The summed E-state index contributed by atoms with van der Waals surface area (Å²) in [6.07, 6.45) is 6.63. The van der Waals surface area contributed by atoms with E-state index in [0.717, 1.165) is 47.0 Å². The van der Waals surface area contributed by atoms with E-state index in [4.69, 9.17) is 4.74 Å². The van der Waals surface area contributed by atoms with Gasteiger partial charge in [0.25, 0.3) is 0 Å². The number of carbonyl (C=O) groups excluding carboxylic acids is 1. The lowest BCUT2D eigenvalue weighted by molar-refractivity contribution is 0.0794. The largest absolute Gasteiger partial charge is 0.376 e. The lowest BCUT2D eigenvalue weighted by atomic mass is 10.2. The molecule has 0 bridgehead atoms. The Bertz CT molecular complexity index is 714. The molecule has 26 heavy (non-hydrogen) atoms. The fourth-order valence-electron chi connectivity index (χ4n) is 3.03. The second kappa shape index (κ2) is 9.09. The summed E-state index contributed by atoms with van der Waals surface area (Å²) in [4.78, 5) is 24.4. The monoisotopic (exact) mass is 374 g/mol. The van der Waals surface area contributed by atoms with Crippen molar-refractivity contribution in [1.82, 2.24) is 20.2 Å². The maximum Gasteiger partial charge on any atom is 0.318 e. The molecule has 0 aromatic carbocycles. The topological polar surface area (TPSA) is 67.4 Å². The minimum absolute atomic E-state index is 0.0665. The Labute approximate surface area is 158 Å². The van der Waals surface area contributed by atoms with Gasteiger partial charge in [0.2, 0.25) is 0 Å². The van der Waals surface area contributed by atoms with E-state index in [1.807, 2.05) is 24.0 Å². The van der Waals surface area contributed by atoms with Crippen LogP contribution in [0.2, 0.25) is 0 Å². The number of hydrogen-bond acceptors (Lipinski definition) is 5. The summed E-state index contributed by atoms with van der Waals surface area (Å²) in [6.45, 7) is 6.55. The molecule has 3 heterocycles. The molecule has 0 unspecified atom stereocenters. The lowest BCUT2D eigenvalue weighted by Gasteiger charge is -2.25. The zero-order chi connectivity index (χ0) is 18.4. The van der Waals surface area contributed by atoms with Gasteiger partial charge in [-0.25, -0.2) is 9.78 Å². The minimum atomic E-state index is -0.0665. The predicted octanol–water partition coefficient (Wildman–Crippen LogP) is 3.30. The van der Waals surface area contributed by atoms with E-state index in [1.54, 1.807) is 23.7 Å². The van der Waals surface area contributed by atoms with Gasteiger partial charge in [-0.05, 0) is 43.9 Å². The number of rotatable bonds is 7. The number of hydrogen-bond donors (Lipinski definition) is 1. The number of thiazole rings is 1. The first-order valence-corrected chi connectivity index (χ1v) is 9.95. The Morgan fingerprint density at radius 3 is 2.88 bits per heavy atom. The van der Waals surface area contributed by atoms with Crippen LogP contribution in [-0.2, 0) is 24.2 Å². The van der Waals surface area contributed by atoms with Gasteiger partial charge in [-0.1, -0.05) is 6.92 Å². The number of carbonyl (C=O) groups is 1. The highest BCUT2D eigenvalue weighted by molar-refractivity contribution is 7.11. The van der Waals surface area contributed by atoms with Crippen LogP contribution >= 0.6 is 11.3 Å². The van der Waals surface area contributed by atoms with Crippen molar-refractivity contribution in [1.29, 1.82) is 0 Å². The van der Waals surface area contributed by atoms with Crippen LogP contribution in [-0.4, -0.2) is 40.2 Å². The highest BCUT2D eigenvalue weighted by atomic mass is 32.1. The summed E-state index contributed by atoms with van der Waals surface area (Å²) in [5, 5.41) is 4.17. The Kier molecular flexibility index (Phi) is 6.57. The van der Waals surface area contributed by atoms with Crippen LogP contribution in [0.1, 0.15) is 40.9 Å². The van der Waals surface area contributed by atoms with Crippen molar-refractivity contribution in [3.05, 3.63) is 45.7 Å². The van der Waals surface area contributed by atoms with Crippen LogP contribution in [0.15, 0.2) is 24.5 Å². The summed E-state index contributed by atoms with van der Waals surface area (Å²) in [6, 6.07) is 3.82. The number of nitrogens with zero attached hydrogens (tertiary/aromatic N) is 3. The molecule has 0 radical (unpaired) electrons. The van der Waals surface area contributed by atoms with Gasteiger partial charge in [-0.3, -0.25) is 4.98 Å². The van der Waals surface area contributed by atoms with Gasteiger partial charge in [0, 0.05) is 37.0 Å². The first-order chi connectivity index (χ1) is 12.7. The van der Waals surface area contributed by atoms with Gasteiger partial charge in [0.15, 0.2) is 0 Å². The van der Waals surface area contributed by atoms with E-state index in [2.05, 4.69) is 22.2 Å². The van der Waals surface area contributed by atoms with Gasteiger partial charge < -0.3 is 15.0 Å². The van der Waals surface area contributed by atoms with Crippen molar-refractivity contribution in [2.45, 2.75) is 52.3 Å². The van der Waals surface area contributed by atoms with Crippen molar-refractivity contribution in [2.75, 3.05) is 13.2 Å². The van der Waals surface area contributed by atoms with Crippen molar-refractivity contribution in [2.24, 2.45) is 0 Å². The molecule has 1 saturated heterocycles. The zero-order valence-electron chi connectivity index (χ0n) is 15.4. The lowest BCUT2D eigenvalue weighted by Crippen LogP contribution is -2.43. The average Bonchev–Trinajstić information content (AvgIpc) is 3.29. The molecule has 2 aromatic rings. The molecule has 7 heteroatoms. The fourth-order valence-corrected chi connectivity index (χ4v) is 3.98. The van der Waals surface area contributed by atoms with Gasteiger partial charge in [-0.2, -0.15) is 0 Å². The van der Waals surface area contributed by atoms with Crippen LogP contribution in [0.3, 0.4) is 0 Å². The first kappa shape index (κ1) is 18.8. The number of urea groups is 1. The molecule has 6 nitrogen and oxygen atoms in total. The van der Waals surface area contributed by atoms with Crippen LogP contribution < -0.4 is 5.32 Å². The standard InChI is InChI=1S/C19H26N4O2S/c1-3-18-22-14(2)17(26-18)11-21-19(24)23(13-16-5-4-10-25-16)12-15-6-8-20-9-7-15/h6-9,16H,3-5,10-13H2,1-2H3,(H,21,24)/t16-/m0/s1. The third kappa shape index (κ3) is 5.02. The smallest absolute Gasteiger partial charge is 0.318 e. The molecular weight excluding hydrogens is 348 g/mol. The maximum atomic E-state index is 12.8. The number of pyridine rings is 1. The van der Waals surface area contributed by atoms with Crippen molar-refractivity contribution in [3.63, 3.8) is 0 Å². The second-order valence-electron chi connectivity index (χ2n) is 6.50. The first-order valence-electron chi connectivity index (χ1n) is 9.14. The molecule has 0 saturated carbocycles. The second-order valence-corrected chi connectivity index (χ2v) is 7.67. The molecule has 3 rings (SSSR count). The summed E-state index contributed by atoms with van der Waals surface area (Å²) in [5.41, 5.74) is 2.07. The van der Waals surface area contributed by atoms with Crippen LogP contribution in [0, 0.1) is 6.92 Å². The van der Waals surface area contributed by atoms with E-state index in [0.29, 0.717) is 19.6 Å². The van der Waals surface area contributed by atoms with Crippen LogP contribution in [0.4, 0.5) is 4.79 Å². The van der Waals surface area contributed by atoms with Gasteiger partial charge in [0.05, 0.1) is 23.4 Å². The molecule has 2 amide bonds. The third-order valence-corrected chi connectivity index (χ3v) is 5.80. The summed E-state index contributed by atoms with van der Waals surface area (Å²) in [5.74, 6) is 0. The average molecular weight is 375 g/mol. The molecule has 1 aliphatic heterocycles. The minimum Gasteiger partial charge on any atom is -0.376 e. The van der Waals surface area contributed by atoms with Crippen LogP contribution in [0.25, 0.3) is 0 Å². The van der Waals surface area contributed by atoms with E-state index >= 15 is 0 Å². The van der Waals surface area contributed by atoms with Gasteiger partial charge >= 0.3 is 6.03 Å². The molecule has 140 valence electrons. The van der Waals surface area contributed by atoms with Crippen molar-refractivity contribution < 1.29 is 9.53 Å². The summed E-state index contributed by atoms with van der Waals surface area (Å²) in [7, 11) is 0. The Morgan fingerprint density at radius 2 is 2.23 bits per heavy atom. The number of aryl methyl sites for hydroxylation is 2. The number of ether oxygens (including phenoxy) is 1. The molecule has 1 atom stereocenters.